The summed E-state index contributed by atoms with van der Waals surface area (Å²) in [6.45, 7) is 4.09. The average molecular weight is 211 g/mol. The smallest absolute Gasteiger partial charge is 0.215 e. The first-order chi connectivity index (χ1) is 7.16. The molecular formula is C10H14FN3O. The van der Waals surface area contributed by atoms with Gasteiger partial charge in [-0.2, -0.15) is 4.39 Å². The fraction of sp³-hybridized carbons (Fsp3) is 0.500. The van der Waals surface area contributed by atoms with Gasteiger partial charge in [0.15, 0.2) is 0 Å². The van der Waals surface area contributed by atoms with E-state index in [1.807, 2.05) is 11.8 Å². The topological polar surface area (TPSA) is 51.4 Å². The molecule has 1 saturated heterocycles. The van der Waals surface area contributed by atoms with Crippen LogP contribution >= 0.6 is 0 Å². The molecule has 1 fully saturated rings. The zero-order valence-electron chi connectivity index (χ0n) is 8.61. The second-order valence-corrected chi connectivity index (χ2v) is 3.69. The number of ether oxygens (including phenoxy) is 1. The molecule has 4 nitrogen and oxygen atoms in total. The first-order valence-corrected chi connectivity index (χ1v) is 4.94. The van der Waals surface area contributed by atoms with Gasteiger partial charge in [-0.25, -0.2) is 4.98 Å². The van der Waals surface area contributed by atoms with Gasteiger partial charge in [0, 0.05) is 19.2 Å². The van der Waals surface area contributed by atoms with Crippen molar-refractivity contribution >= 4 is 11.4 Å². The van der Waals surface area contributed by atoms with Crippen molar-refractivity contribution < 1.29 is 9.13 Å². The second kappa shape index (κ2) is 4.02. The summed E-state index contributed by atoms with van der Waals surface area (Å²) < 4.78 is 18.4. The Morgan fingerprint density at radius 1 is 1.67 bits per heavy atom. The van der Waals surface area contributed by atoms with E-state index in [0.29, 0.717) is 18.0 Å². The van der Waals surface area contributed by atoms with Gasteiger partial charge in [0.2, 0.25) is 5.95 Å². The van der Waals surface area contributed by atoms with E-state index in [2.05, 4.69) is 4.98 Å². The van der Waals surface area contributed by atoms with Crippen LogP contribution in [0, 0.1) is 5.95 Å². The van der Waals surface area contributed by atoms with E-state index in [4.69, 9.17) is 10.5 Å². The highest BCUT2D eigenvalue weighted by molar-refractivity contribution is 5.66. The lowest BCUT2D eigenvalue weighted by Gasteiger charge is -2.33. The van der Waals surface area contributed by atoms with E-state index in [-0.39, 0.29) is 6.10 Å². The Morgan fingerprint density at radius 2 is 2.47 bits per heavy atom. The van der Waals surface area contributed by atoms with E-state index < -0.39 is 5.95 Å². The summed E-state index contributed by atoms with van der Waals surface area (Å²) >= 11 is 0. The van der Waals surface area contributed by atoms with Crippen LogP contribution in [0.3, 0.4) is 0 Å². The number of nitrogens with two attached hydrogens (primary N) is 1. The number of aromatic nitrogens is 1. The number of hydrogen-bond donors (Lipinski definition) is 1. The predicted molar refractivity (Wildman–Crippen MR) is 56.2 cm³/mol. The molecule has 1 aromatic rings. The maximum absolute atomic E-state index is 13.0. The lowest BCUT2D eigenvalue weighted by molar-refractivity contribution is 0.0532. The van der Waals surface area contributed by atoms with E-state index >= 15 is 0 Å². The molecule has 1 aliphatic rings. The molecule has 0 radical (unpaired) electrons. The van der Waals surface area contributed by atoms with E-state index in [9.17, 15) is 4.39 Å². The third-order valence-electron chi connectivity index (χ3n) is 2.46. The number of nitrogens with zero attached hydrogens (tertiary/aromatic N) is 2. The number of rotatable bonds is 1. The van der Waals surface area contributed by atoms with Crippen LogP contribution in [0.15, 0.2) is 12.3 Å². The van der Waals surface area contributed by atoms with Gasteiger partial charge in [-0.05, 0) is 6.92 Å². The molecule has 0 bridgehead atoms. The summed E-state index contributed by atoms with van der Waals surface area (Å²) in [4.78, 5) is 5.53. The molecule has 0 amide bonds. The summed E-state index contributed by atoms with van der Waals surface area (Å²) in [7, 11) is 0. The SMILES string of the molecule is CC1CN(c2cc(F)ncc2N)CCO1. The third-order valence-corrected chi connectivity index (χ3v) is 2.46. The van der Waals surface area contributed by atoms with Gasteiger partial charge in [-0.1, -0.05) is 0 Å². The first-order valence-electron chi connectivity index (χ1n) is 4.94. The van der Waals surface area contributed by atoms with Crippen LogP contribution in [-0.2, 0) is 4.74 Å². The van der Waals surface area contributed by atoms with Crippen LogP contribution in [0.5, 0.6) is 0 Å². The monoisotopic (exact) mass is 211 g/mol. The van der Waals surface area contributed by atoms with Crippen molar-refractivity contribution in [2.75, 3.05) is 30.3 Å². The Bertz CT molecular complexity index is 359. The fourth-order valence-corrected chi connectivity index (χ4v) is 1.74. The van der Waals surface area contributed by atoms with Crippen molar-refractivity contribution in [1.29, 1.82) is 0 Å². The molecule has 0 aliphatic carbocycles. The van der Waals surface area contributed by atoms with Gasteiger partial charge in [-0.15, -0.1) is 0 Å². The van der Waals surface area contributed by atoms with Crippen molar-refractivity contribution in [3.63, 3.8) is 0 Å². The lowest BCUT2D eigenvalue weighted by atomic mass is 10.2. The maximum atomic E-state index is 13.0. The summed E-state index contributed by atoms with van der Waals surface area (Å²) in [5, 5.41) is 0. The molecule has 0 spiro atoms. The summed E-state index contributed by atoms with van der Waals surface area (Å²) in [6.07, 6.45) is 1.50. The summed E-state index contributed by atoms with van der Waals surface area (Å²) in [6, 6.07) is 1.37. The van der Waals surface area contributed by atoms with E-state index in [1.54, 1.807) is 0 Å². The standard InChI is InChI=1S/C10H14FN3O/c1-7-6-14(2-3-15-7)9-4-10(11)13-5-8(9)12/h4-5,7H,2-3,6,12H2,1H3. The van der Waals surface area contributed by atoms with Gasteiger partial charge < -0.3 is 15.4 Å². The van der Waals surface area contributed by atoms with Crippen molar-refractivity contribution in [3.8, 4) is 0 Å². The average Bonchev–Trinajstić information content (AvgIpc) is 2.22. The Morgan fingerprint density at radius 3 is 3.20 bits per heavy atom. The molecule has 1 aromatic heterocycles. The van der Waals surface area contributed by atoms with Crippen molar-refractivity contribution in [1.82, 2.24) is 4.98 Å². The number of anilines is 2. The van der Waals surface area contributed by atoms with Crippen molar-refractivity contribution in [2.45, 2.75) is 13.0 Å². The number of morpholine rings is 1. The molecular weight excluding hydrogens is 197 g/mol. The van der Waals surface area contributed by atoms with Crippen LogP contribution in [0.4, 0.5) is 15.8 Å². The fourth-order valence-electron chi connectivity index (χ4n) is 1.74. The maximum Gasteiger partial charge on any atom is 0.215 e. The van der Waals surface area contributed by atoms with Crippen LogP contribution < -0.4 is 10.6 Å². The highest BCUT2D eigenvalue weighted by Crippen LogP contribution is 2.24. The zero-order chi connectivity index (χ0) is 10.8. The first kappa shape index (κ1) is 10.2. The quantitative estimate of drug-likeness (QED) is 0.705. The van der Waals surface area contributed by atoms with Crippen LogP contribution in [0.1, 0.15) is 6.92 Å². The minimum absolute atomic E-state index is 0.148. The van der Waals surface area contributed by atoms with Gasteiger partial charge >= 0.3 is 0 Å². The summed E-state index contributed by atoms with van der Waals surface area (Å²) in [5.41, 5.74) is 6.97. The van der Waals surface area contributed by atoms with E-state index in [0.717, 1.165) is 13.1 Å². The summed E-state index contributed by atoms with van der Waals surface area (Å²) in [5.74, 6) is -0.502. The van der Waals surface area contributed by atoms with Crippen LogP contribution in [0.25, 0.3) is 0 Å². The minimum Gasteiger partial charge on any atom is -0.396 e. The van der Waals surface area contributed by atoms with Crippen molar-refractivity contribution in [2.24, 2.45) is 0 Å². The third kappa shape index (κ3) is 2.18. The Hall–Kier alpha value is -1.36. The van der Waals surface area contributed by atoms with Gasteiger partial charge in [0.05, 0.1) is 30.3 Å². The largest absolute Gasteiger partial charge is 0.396 e. The number of halogens is 1. The highest BCUT2D eigenvalue weighted by Gasteiger charge is 2.19. The molecule has 0 saturated carbocycles. The van der Waals surface area contributed by atoms with Gasteiger partial charge in [0.1, 0.15) is 0 Å². The van der Waals surface area contributed by atoms with Crippen LogP contribution in [0.2, 0.25) is 0 Å². The number of pyridine rings is 1. The van der Waals surface area contributed by atoms with E-state index in [1.165, 1.54) is 12.3 Å². The van der Waals surface area contributed by atoms with Gasteiger partial charge in [-0.3, -0.25) is 0 Å². The van der Waals surface area contributed by atoms with Crippen LogP contribution in [-0.4, -0.2) is 30.8 Å². The number of nitrogen functional groups attached to an aromatic ring is 1. The Labute approximate surface area is 87.8 Å². The van der Waals surface area contributed by atoms with Gasteiger partial charge in [0.25, 0.3) is 0 Å². The molecule has 2 heterocycles. The van der Waals surface area contributed by atoms with Crippen molar-refractivity contribution in [3.05, 3.63) is 18.2 Å². The molecule has 82 valence electrons. The normalized spacial score (nSPS) is 21.7. The second-order valence-electron chi connectivity index (χ2n) is 3.69. The molecule has 1 unspecified atom stereocenters. The Balaban J connectivity index is 2.24. The lowest BCUT2D eigenvalue weighted by Crippen LogP contribution is -2.41. The molecule has 5 heteroatoms. The zero-order valence-corrected chi connectivity index (χ0v) is 8.61. The molecule has 0 aromatic carbocycles. The predicted octanol–water partition coefficient (Wildman–Crippen LogP) is 1.03. The Kier molecular flexibility index (Phi) is 2.73. The minimum atomic E-state index is -0.502. The number of hydrogen-bond acceptors (Lipinski definition) is 4. The molecule has 15 heavy (non-hydrogen) atoms. The highest BCUT2D eigenvalue weighted by atomic mass is 19.1. The molecule has 1 atom stereocenters. The molecule has 1 aliphatic heterocycles. The molecule has 2 N–H and O–H groups in total. The molecule has 2 rings (SSSR count).